The first kappa shape index (κ1) is 16.8. The summed E-state index contributed by atoms with van der Waals surface area (Å²) in [6.45, 7) is 11.5. The van der Waals surface area contributed by atoms with Crippen molar-refractivity contribution in [3.05, 3.63) is 23.3 Å². The van der Waals surface area contributed by atoms with Crippen LogP contribution in [0, 0.1) is 17.3 Å². The number of rotatable bonds is 3. The highest BCUT2D eigenvalue weighted by Crippen LogP contribution is 2.60. The predicted molar refractivity (Wildman–Crippen MR) is 97.1 cm³/mol. The lowest BCUT2D eigenvalue weighted by Gasteiger charge is -2.32. The molecule has 0 spiro atoms. The number of nitrogens with zero attached hydrogens (tertiary/aromatic N) is 4. The number of aryl methyl sites for hydroxylation is 1. The van der Waals surface area contributed by atoms with Crippen LogP contribution in [-0.4, -0.2) is 38.7 Å². The van der Waals surface area contributed by atoms with E-state index >= 15 is 0 Å². The van der Waals surface area contributed by atoms with Crippen LogP contribution in [0.25, 0.3) is 0 Å². The third kappa shape index (κ3) is 2.81. The molecule has 2 atom stereocenters. The summed E-state index contributed by atoms with van der Waals surface area (Å²) in [5, 5.41) is 8.80. The molecule has 1 amide bonds. The summed E-state index contributed by atoms with van der Waals surface area (Å²) in [6, 6.07) is 0. The van der Waals surface area contributed by atoms with Crippen molar-refractivity contribution in [2.45, 2.75) is 65.8 Å². The van der Waals surface area contributed by atoms with E-state index in [2.05, 4.69) is 53.4 Å². The van der Waals surface area contributed by atoms with Crippen molar-refractivity contribution in [2.75, 3.05) is 13.1 Å². The zero-order chi connectivity index (χ0) is 17.8. The van der Waals surface area contributed by atoms with Gasteiger partial charge in [0.2, 0.25) is 5.91 Å². The summed E-state index contributed by atoms with van der Waals surface area (Å²) in [5.41, 5.74) is 1.42. The van der Waals surface area contributed by atoms with Crippen molar-refractivity contribution >= 4 is 5.91 Å². The quantitative estimate of drug-likeness (QED) is 0.793. The van der Waals surface area contributed by atoms with E-state index in [0.29, 0.717) is 17.7 Å². The Morgan fingerprint density at radius 3 is 2.56 bits per heavy atom. The summed E-state index contributed by atoms with van der Waals surface area (Å²) < 4.78 is 2.32. The van der Waals surface area contributed by atoms with Crippen LogP contribution in [0.15, 0.2) is 11.6 Å². The maximum atomic E-state index is 13.0. The molecule has 0 radical (unpaired) electrons. The molecule has 1 saturated carbocycles. The normalized spacial score (nSPS) is 27.9. The molecule has 1 aromatic rings. The third-order valence-electron chi connectivity index (χ3n) is 6.50. The Bertz CT molecular complexity index is 705. The Labute approximate surface area is 150 Å². The van der Waals surface area contributed by atoms with Crippen molar-refractivity contribution < 1.29 is 4.79 Å². The average Bonchev–Trinajstić information content (AvgIpc) is 2.94. The van der Waals surface area contributed by atoms with Crippen LogP contribution in [0.2, 0.25) is 0 Å². The fraction of sp³-hybridized carbons (Fsp3) is 0.750. The zero-order valence-corrected chi connectivity index (χ0v) is 16.0. The second-order valence-electron chi connectivity index (χ2n) is 8.90. The Hall–Kier alpha value is -1.65. The number of hydrogen-bond acceptors (Lipinski definition) is 3. The molecule has 1 aromatic heterocycles. The molecule has 25 heavy (non-hydrogen) atoms. The van der Waals surface area contributed by atoms with Crippen molar-refractivity contribution in [1.29, 1.82) is 0 Å². The van der Waals surface area contributed by atoms with E-state index in [4.69, 9.17) is 0 Å². The molecule has 4 rings (SSSR count). The number of hydrogen-bond donors (Lipinski definition) is 0. The van der Waals surface area contributed by atoms with Gasteiger partial charge in [0, 0.05) is 32.0 Å². The predicted octanol–water partition coefficient (Wildman–Crippen LogP) is 3.17. The fourth-order valence-electron chi connectivity index (χ4n) is 4.85. The van der Waals surface area contributed by atoms with Gasteiger partial charge in [0.25, 0.3) is 0 Å². The van der Waals surface area contributed by atoms with Gasteiger partial charge in [0.15, 0.2) is 0 Å². The molecule has 0 bridgehead atoms. The maximum absolute atomic E-state index is 13.0. The lowest BCUT2D eigenvalue weighted by Crippen LogP contribution is -2.40. The topological polar surface area (TPSA) is 51.0 Å². The molecule has 136 valence electrons. The number of carbonyl (C=O) groups excluding carboxylic acids is 1. The zero-order valence-electron chi connectivity index (χ0n) is 16.0. The standard InChI is InChI=1S/C20H30N4O/c1-13(2)12-15-17(20(15,3)4)19(25)23-10-7-14(8-11-23)18-22-21-16-6-5-9-24(16)18/h12,14-15,17H,5-11H2,1-4H3. The highest BCUT2D eigenvalue weighted by molar-refractivity contribution is 5.84. The van der Waals surface area contributed by atoms with Gasteiger partial charge in [-0.1, -0.05) is 25.5 Å². The van der Waals surface area contributed by atoms with Crippen molar-refractivity contribution in [3.63, 3.8) is 0 Å². The van der Waals surface area contributed by atoms with E-state index in [-0.39, 0.29) is 11.3 Å². The van der Waals surface area contributed by atoms with Gasteiger partial charge in [-0.25, -0.2) is 0 Å². The van der Waals surface area contributed by atoms with Gasteiger partial charge in [-0.3, -0.25) is 4.79 Å². The number of fused-ring (bicyclic) bond motifs is 1. The van der Waals surface area contributed by atoms with E-state index in [9.17, 15) is 4.79 Å². The molecule has 0 N–H and O–H groups in total. The van der Waals surface area contributed by atoms with Crippen molar-refractivity contribution in [3.8, 4) is 0 Å². The van der Waals surface area contributed by atoms with Crippen LogP contribution in [0.1, 0.15) is 64.5 Å². The molecule has 1 saturated heterocycles. The van der Waals surface area contributed by atoms with E-state index < -0.39 is 0 Å². The third-order valence-corrected chi connectivity index (χ3v) is 6.50. The summed E-state index contributed by atoms with van der Waals surface area (Å²) >= 11 is 0. The van der Waals surface area contributed by atoms with Crippen LogP contribution >= 0.6 is 0 Å². The van der Waals surface area contributed by atoms with Gasteiger partial charge in [-0.05, 0) is 44.4 Å². The number of allylic oxidation sites excluding steroid dienone is 2. The van der Waals surface area contributed by atoms with Crippen LogP contribution < -0.4 is 0 Å². The summed E-state index contributed by atoms with van der Waals surface area (Å²) in [7, 11) is 0. The maximum Gasteiger partial charge on any atom is 0.226 e. The van der Waals surface area contributed by atoms with Crippen LogP contribution in [0.3, 0.4) is 0 Å². The van der Waals surface area contributed by atoms with E-state index in [1.807, 2.05) is 0 Å². The molecular weight excluding hydrogens is 312 g/mol. The molecule has 3 aliphatic rings. The highest BCUT2D eigenvalue weighted by Gasteiger charge is 2.61. The number of aromatic nitrogens is 3. The second kappa shape index (κ2) is 5.96. The van der Waals surface area contributed by atoms with Gasteiger partial charge in [0.1, 0.15) is 11.6 Å². The van der Waals surface area contributed by atoms with Gasteiger partial charge >= 0.3 is 0 Å². The summed E-state index contributed by atoms with van der Waals surface area (Å²) in [4.78, 5) is 15.1. The SMILES string of the molecule is CC(C)=CC1C(C(=O)N2CCC(c3nnc4n3CCC4)CC2)C1(C)C. The average molecular weight is 342 g/mol. The second-order valence-corrected chi connectivity index (χ2v) is 8.90. The molecule has 1 aliphatic carbocycles. The van der Waals surface area contributed by atoms with Crippen molar-refractivity contribution in [2.24, 2.45) is 17.3 Å². The van der Waals surface area contributed by atoms with Gasteiger partial charge in [-0.15, -0.1) is 10.2 Å². The molecule has 2 fully saturated rings. The van der Waals surface area contributed by atoms with Crippen molar-refractivity contribution in [1.82, 2.24) is 19.7 Å². The molecule has 2 aliphatic heterocycles. The number of amides is 1. The van der Waals surface area contributed by atoms with Gasteiger partial charge in [0.05, 0.1) is 5.92 Å². The van der Waals surface area contributed by atoms with Gasteiger partial charge < -0.3 is 9.47 Å². The van der Waals surface area contributed by atoms with Crippen LogP contribution in [0.4, 0.5) is 0 Å². The largest absolute Gasteiger partial charge is 0.342 e. The molecule has 5 heteroatoms. The monoisotopic (exact) mass is 342 g/mol. The molecule has 2 unspecified atom stereocenters. The minimum Gasteiger partial charge on any atom is -0.342 e. The van der Waals surface area contributed by atoms with Gasteiger partial charge in [-0.2, -0.15) is 0 Å². The summed E-state index contributed by atoms with van der Waals surface area (Å²) in [5.74, 6) is 3.70. The lowest BCUT2D eigenvalue weighted by molar-refractivity contribution is -0.134. The minimum atomic E-state index is 0.110. The molecular formula is C20H30N4O. The first-order valence-electron chi connectivity index (χ1n) is 9.75. The minimum absolute atomic E-state index is 0.110. The van der Waals surface area contributed by atoms with E-state index in [0.717, 1.165) is 50.5 Å². The smallest absolute Gasteiger partial charge is 0.226 e. The Balaban J connectivity index is 1.39. The Kier molecular flexibility index (Phi) is 4.00. The highest BCUT2D eigenvalue weighted by atomic mass is 16.2. The van der Waals surface area contributed by atoms with E-state index in [1.54, 1.807) is 0 Å². The van der Waals surface area contributed by atoms with Crippen LogP contribution in [-0.2, 0) is 17.8 Å². The first-order chi connectivity index (χ1) is 11.9. The molecule has 3 heterocycles. The first-order valence-corrected chi connectivity index (χ1v) is 9.75. The number of likely N-dealkylation sites (tertiary alicyclic amines) is 1. The number of carbonyl (C=O) groups is 1. The van der Waals surface area contributed by atoms with E-state index in [1.165, 1.54) is 12.0 Å². The Morgan fingerprint density at radius 2 is 1.88 bits per heavy atom. The molecule has 0 aromatic carbocycles. The lowest BCUT2D eigenvalue weighted by atomic mass is 9.95. The fourth-order valence-corrected chi connectivity index (χ4v) is 4.85. The Morgan fingerprint density at radius 1 is 1.16 bits per heavy atom. The summed E-state index contributed by atoms with van der Waals surface area (Å²) in [6.07, 6.45) is 6.58. The molecule has 5 nitrogen and oxygen atoms in total. The van der Waals surface area contributed by atoms with Crippen LogP contribution in [0.5, 0.6) is 0 Å². The number of piperidine rings is 1.